The largest absolute Gasteiger partial charge is 0.0693 e. The second-order valence-electron chi connectivity index (χ2n) is 9.29. The molecule has 0 aliphatic carbocycles. The molecule has 2 aromatic rings. The van der Waals surface area contributed by atoms with Crippen LogP contribution in [0, 0.1) is 0 Å². The average Bonchev–Trinajstić information content (AvgIpc) is 2.45. The summed E-state index contributed by atoms with van der Waals surface area (Å²) < 4.78 is 0. The predicted octanol–water partition coefficient (Wildman–Crippen LogP) is 6.70. The SMILES string of the molecule is C[Si](C)(C)Cc1ccc(/C=C/c2ccc(C[Si](C)(C)C)cc2)cc1. The number of benzene rings is 2. The molecule has 0 fully saturated rings. The summed E-state index contributed by atoms with van der Waals surface area (Å²) in [6.07, 6.45) is 4.43. The maximum atomic E-state index is 2.42. The summed E-state index contributed by atoms with van der Waals surface area (Å²) in [5.41, 5.74) is 5.50. The highest BCUT2D eigenvalue weighted by molar-refractivity contribution is 6.75. The van der Waals surface area contributed by atoms with Crippen molar-refractivity contribution in [3.63, 3.8) is 0 Å². The second-order valence-corrected chi connectivity index (χ2v) is 20.2. The Balaban J connectivity index is 2.00. The summed E-state index contributed by atoms with van der Waals surface area (Å²) in [6.45, 7) is 14.5. The van der Waals surface area contributed by atoms with E-state index >= 15 is 0 Å². The molecule has 0 bridgehead atoms. The number of rotatable bonds is 6. The van der Waals surface area contributed by atoms with Gasteiger partial charge in [0, 0.05) is 16.1 Å². The van der Waals surface area contributed by atoms with Crippen molar-refractivity contribution >= 4 is 28.3 Å². The van der Waals surface area contributed by atoms with E-state index in [4.69, 9.17) is 0 Å². The summed E-state index contributed by atoms with van der Waals surface area (Å²) >= 11 is 0. The van der Waals surface area contributed by atoms with E-state index in [1.807, 2.05) is 0 Å². The van der Waals surface area contributed by atoms with E-state index in [0.717, 1.165) is 0 Å². The quantitative estimate of drug-likeness (QED) is 0.401. The lowest BCUT2D eigenvalue weighted by molar-refractivity contribution is 1.30. The molecule has 0 aliphatic rings. The van der Waals surface area contributed by atoms with Gasteiger partial charge in [0.25, 0.3) is 0 Å². The molecule has 2 heteroatoms. The van der Waals surface area contributed by atoms with E-state index in [0.29, 0.717) is 0 Å². The first-order valence-corrected chi connectivity index (χ1v) is 16.4. The van der Waals surface area contributed by atoms with Gasteiger partial charge in [-0.25, -0.2) is 0 Å². The van der Waals surface area contributed by atoms with Crippen LogP contribution in [0.3, 0.4) is 0 Å². The van der Waals surface area contributed by atoms with Crippen LogP contribution in [-0.2, 0) is 12.1 Å². The molecule has 0 unspecified atom stereocenters. The highest BCUT2D eigenvalue weighted by atomic mass is 28.3. The maximum absolute atomic E-state index is 2.42. The van der Waals surface area contributed by atoms with E-state index in [2.05, 4.69) is 100.0 Å². The zero-order chi connectivity index (χ0) is 17.8. The zero-order valence-corrected chi connectivity index (χ0v) is 18.2. The Morgan fingerprint density at radius 2 is 0.833 bits per heavy atom. The minimum atomic E-state index is -1.02. The van der Waals surface area contributed by atoms with Gasteiger partial charge in [-0.3, -0.25) is 0 Å². The van der Waals surface area contributed by atoms with Gasteiger partial charge in [-0.15, -0.1) is 0 Å². The van der Waals surface area contributed by atoms with Gasteiger partial charge in [0.2, 0.25) is 0 Å². The Hall–Kier alpha value is -1.39. The molecular weight excluding hydrogens is 320 g/mol. The third kappa shape index (κ3) is 7.02. The summed E-state index contributed by atoms with van der Waals surface area (Å²) in [6, 6.07) is 20.6. The molecule has 0 nitrogen and oxygen atoms in total. The Bertz CT molecular complexity index is 604. The standard InChI is InChI=1S/C22H32Si2/c1-23(2,3)17-21-13-9-19(10-14-21)7-8-20-11-15-22(16-12-20)18-24(4,5)6/h7-16H,17-18H2,1-6H3/b8-7+. The summed E-state index contributed by atoms with van der Waals surface area (Å²) in [4.78, 5) is 0. The molecule has 0 spiro atoms. The van der Waals surface area contributed by atoms with E-state index in [1.165, 1.54) is 34.3 Å². The fourth-order valence-electron chi connectivity index (χ4n) is 2.91. The molecule has 24 heavy (non-hydrogen) atoms. The Morgan fingerprint density at radius 1 is 0.542 bits per heavy atom. The normalized spacial score (nSPS) is 12.8. The van der Waals surface area contributed by atoms with Gasteiger partial charge in [0.05, 0.1) is 0 Å². The molecule has 2 rings (SSSR count). The molecule has 0 saturated heterocycles. The highest BCUT2D eigenvalue weighted by Gasteiger charge is 2.14. The molecule has 0 aromatic heterocycles. The third-order valence-electron chi connectivity index (χ3n) is 3.90. The maximum Gasteiger partial charge on any atom is 0.0487 e. The molecule has 128 valence electrons. The van der Waals surface area contributed by atoms with Gasteiger partial charge < -0.3 is 0 Å². The first-order chi connectivity index (χ1) is 11.1. The predicted molar refractivity (Wildman–Crippen MR) is 116 cm³/mol. The number of hydrogen-bond donors (Lipinski definition) is 0. The van der Waals surface area contributed by atoms with E-state index in [-0.39, 0.29) is 0 Å². The van der Waals surface area contributed by atoms with E-state index < -0.39 is 16.1 Å². The van der Waals surface area contributed by atoms with Crippen LogP contribution in [0.5, 0.6) is 0 Å². The zero-order valence-electron chi connectivity index (χ0n) is 16.2. The Labute approximate surface area is 150 Å². The van der Waals surface area contributed by atoms with Crippen molar-refractivity contribution in [2.45, 2.75) is 51.4 Å². The lowest BCUT2D eigenvalue weighted by Gasteiger charge is -2.15. The molecule has 2 aromatic carbocycles. The Morgan fingerprint density at radius 3 is 1.08 bits per heavy atom. The van der Waals surface area contributed by atoms with Crippen LogP contribution in [0.1, 0.15) is 22.3 Å². The fraction of sp³-hybridized carbons (Fsp3) is 0.364. The van der Waals surface area contributed by atoms with Crippen LogP contribution in [0.4, 0.5) is 0 Å². The molecule has 0 N–H and O–H groups in total. The van der Waals surface area contributed by atoms with Gasteiger partial charge in [-0.1, -0.05) is 111 Å². The van der Waals surface area contributed by atoms with Crippen molar-refractivity contribution in [1.29, 1.82) is 0 Å². The van der Waals surface area contributed by atoms with Crippen LogP contribution in [0.25, 0.3) is 12.2 Å². The molecule has 0 saturated carbocycles. The van der Waals surface area contributed by atoms with Crippen molar-refractivity contribution in [2.75, 3.05) is 0 Å². The van der Waals surface area contributed by atoms with Crippen LogP contribution in [-0.4, -0.2) is 16.1 Å². The Kier molecular flexibility index (Phi) is 6.05. The van der Waals surface area contributed by atoms with Crippen LogP contribution < -0.4 is 0 Å². The molecule has 0 aliphatic heterocycles. The minimum absolute atomic E-state index is 1.02. The molecular formula is C22H32Si2. The molecule has 0 heterocycles. The lowest BCUT2D eigenvalue weighted by Crippen LogP contribution is -2.23. The van der Waals surface area contributed by atoms with Crippen LogP contribution in [0.2, 0.25) is 39.3 Å². The molecule has 0 amide bonds. The van der Waals surface area contributed by atoms with Gasteiger partial charge in [-0.05, 0) is 23.2 Å². The summed E-state index contributed by atoms with van der Waals surface area (Å²) in [5.74, 6) is 0. The lowest BCUT2D eigenvalue weighted by atomic mass is 10.1. The van der Waals surface area contributed by atoms with E-state index in [9.17, 15) is 0 Å². The fourth-order valence-corrected chi connectivity index (χ4v) is 5.83. The second kappa shape index (κ2) is 7.67. The van der Waals surface area contributed by atoms with Gasteiger partial charge >= 0.3 is 0 Å². The van der Waals surface area contributed by atoms with Gasteiger partial charge in [-0.2, -0.15) is 0 Å². The molecule has 0 atom stereocenters. The monoisotopic (exact) mass is 352 g/mol. The average molecular weight is 353 g/mol. The van der Waals surface area contributed by atoms with E-state index in [1.54, 1.807) is 0 Å². The summed E-state index contributed by atoms with van der Waals surface area (Å²) in [5, 5.41) is 0. The minimum Gasteiger partial charge on any atom is -0.0693 e. The summed E-state index contributed by atoms with van der Waals surface area (Å²) in [7, 11) is -2.05. The van der Waals surface area contributed by atoms with Crippen molar-refractivity contribution in [3.05, 3.63) is 70.8 Å². The van der Waals surface area contributed by atoms with Crippen molar-refractivity contribution in [2.24, 2.45) is 0 Å². The van der Waals surface area contributed by atoms with Crippen LogP contribution >= 0.6 is 0 Å². The van der Waals surface area contributed by atoms with Crippen molar-refractivity contribution in [3.8, 4) is 0 Å². The smallest absolute Gasteiger partial charge is 0.0487 e. The molecule has 0 radical (unpaired) electrons. The van der Waals surface area contributed by atoms with Gasteiger partial charge in [0.1, 0.15) is 0 Å². The topological polar surface area (TPSA) is 0 Å². The van der Waals surface area contributed by atoms with Gasteiger partial charge in [0.15, 0.2) is 0 Å². The first-order valence-electron chi connectivity index (χ1n) is 8.97. The first kappa shape index (κ1) is 18.9. The number of hydrogen-bond acceptors (Lipinski definition) is 0. The van der Waals surface area contributed by atoms with Crippen LogP contribution in [0.15, 0.2) is 48.5 Å². The third-order valence-corrected chi connectivity index (χ3v) is 6.83. The highest BCUT2D eigenvalue weighted by Crippen LogP contribution is 2.16. The van der Waals surface area contributed by atoms with Crippen molar-refractivity contribution < 1.29 is 0 Å². The van der Waals surface area contributed by atoms with Crippen molar-refractivity contribution in [1.82, 2.24) is 0 Å².